The Labute approximate surface area is 88.2 Å². The molecule has 5 heteroatoms. The molecule has 1 heterocycles. The van der Waals surface area contributed by atoms with Crippen molar-refractivity contribution in [3.8, 4) is 5.75 Å². The molecule has 0 fully saturated rings. The number of rotatable bonds is 2. The van der Waals surface area contributed by atoms with Crippen LogP contribution in [0.15, 0.2) is 28.5 Å². The minimum absolute atomic E-state index is 0.0311. The third-order valence-corrected chi connectivity index (χ3v) is 3.83. The van der Waals surface area contributed by atoms with Gasteiger partial charge in [0.05, 0.1) is 4.90 Å². The van der Waals surface area contributed by atoms with Crippen molar-refractivity contribution in [2.75, 3.05) is 13.6 Å². The fourth-order valence-electron chi connectivity index (χ4n) is 1.65. The average molecular weight is 225 g/mol. The van der Waals surface area contributed by atoms with Crippen molar-refractivity contribution in [2.24, 2.45) is 0 Å². The van der Waals surface area contributed by atoms with Crippen LogP contribution in [-0.4, -0.2) is 27.1 Å². The molecule has 1 aromatic rings. The Morgan fingerprint density at radius 3 is 2.80 bits per heavy atom. The molecule has 0 unspecified atom stereocenters. The monoisotopic (exact) mass is 225 g/mol. The van der Waals surface area contributed by atoms with Gasteiger partial charge in [0.15, 0.2) is 0 Å². The first-order valence-corrected chi connectivity index (χ1v) is 6.03. The minimum atomic E-state index is -3.36. The Hall–Kier alpha value is -1.33. The van der Waals surface area contributed by atoms with Crippen LogP contribution in [0.1, 0.15) is 5.56 Å². The first kappa shape index (κ1) is 10.2. The summed E-state index contributed by atoms with van der Waals surface area (Å²) in [7, 11) is -1.61. The molecule has 1 aliphatic heterocycles. The summed E-state index contributed by atoms with van der Waals surface area (Å²) in [6, 6.07) is 4.39. The highest BCUT2D eigenvalue weighted by atomic mass is 32.2. The van der Waals surface area contributed by atoms with E-state index in [0.29, 0.717) is 12.1 Å². The van der Waals surface area contributed by atoms with Crippen molar-refractivity contribution in [3.05, 3.63) is 29.2 Å². The number of nitrogens with one attached hydrogen (secondary N) is 1. The summed E-state index contributed by atoms with van der Waals surface area (Å²) in [4.78, 5) is 0.188. The molecular formula is C10H11NO3S. The molecule has 0 bridgehead atoms. The van der Waals surface area contributed by atoms with E-state index >= 15 is 0 Å². The Kier molecular flexibility index (Phi) is 2.28. The molecule has 0 aliphatic carbocycles. The molecule has 1 aromatic carbocycles. The van der Waals surface area contributed by atoms with E-state index in [2.05, 4.69) is 5.32 Å². The van der Waals surface area contributed by atoms with Crippen LogP contribution in [0.3, 0.4) is 0 Å². The normalized spacial score (nSPS) is 17.3. The molecule has 0 radical (unpaired) electrons. The number of phenols is 1. The van der Waals surface area contributed by atoms with Crippen LogP contribution in [0.5, 0.6) is 5.75 Å². The SMILES string of the molecule is CNCC1=CS(=O)(=O)c2cc(O)ccc21. The average Bonchev–Trinajstić information content (AvgIpc) is 2.39. The van der Waals surface area contributed by atoms with E-state index in [1.54, 1.807) is 13.1 Å². The Morgan fingerprint density at radius 1 is 1.40 bits per heavy atom. The maximum Gasteiger partial charge on any atom is 0.200 e. The zero-order chi connectivity index (χ0) is 11.1. The van der Waals surface area contributed by atoms with Crippen LogP contribution < -0.4 is 5.32 Å². The summed E-state index contributed by atoms with van der Waals surface area (Å²) in [6.07, 6.45) is 0. The van der Waals surface area contributed by atoms with Crippen LogP contribution in [0, 0.1) is 0 Å². The number of aromatic hydroxyl groups is 1. The van der Waals surface area contributed by atoms with Crippen LogP contribution >= 0.6 is 0 Å². The van der Waals surface area contributed by atoms with Gasteiger partial charge >= 0.3 is 0 Å². The van der Waals surface area contributed by atoms with Crippen molar-refractivity contribution in [1.82, 2.24) is 5.32 Å². The number of hydrogen-bond donors (Lipinski definition) is 2. The molecule has 0 atom stereocenters. The highest BCUT2D eigenvalue weighted by Crippen LogP contribution is 2.34. The lowest BCUT2D eigenvalue weighted by molar-refractivity contribution is 0.473. The Morgan fingerprint density at radius 2 is 2.13 bits per heavy atom. The van der Waals surface area contributed by atoms with Gasteiger partial charge in [-0.25, -0.2) is 8.42 Å². The number of sulfone groups is 1. The largest absolute Gasteiger partial charge is 0.508 e. The van der Waals surface area contributed by atoms with Crippen molar-refractivity contribution in [2.45, 2.75) is 4.90 Å². The second-order valence-electron chi connectivity index (χ2n) is 3.40. The van der Waals surface area contributed by atoms with Gasteiger partial charge in [-0.15, -0.1) is 0 Å². The van der Waals surface area contributed by atoms with Crippen molar-refractivity contribution in [1.29, 1.82) is 0 Å². The molecule has 1 aliphatic rings. The summed E-state index contributed by atoms with van der Waals surface area (Å²) >= 11 is 0. The van der Waals surface area contributed by atoms with Gasteiger partial charge in [-0.3, -0.25) is 0 Å². The fourth-order valence-corrected chi connectivity index (χ4v) is 3.16. The summed E-state index contributed by atoms with van der Waals surface area (Å²) < 4.78 is 23.4. The quantitative estimate of drug-likeness (QED) is 0.779. The van der Waals surface area contributed by atoms with Crippen molar-refractivity contribution in [3.63, 3.8) is 0 Å². The minimum Gasteiger partial charge on any atom is -0.508 e. The standard InChI is InChI=1S/C10H11NO3S/c1-11-5-7-6-15(13,14)10-4-8(12)2-3-9(7)10/h2-4,6,11-12H,5H2,1H3. The lowest BCUT2D eigenvalue weighted by Crippen LogP contribution is -2.08. The number of fused-ring (bicyclic) bond motifs is 1. The first-order chi connectivity index (χ1) is 7.04. The van der Waals surface area contributed by atoms with Crippen LogP contribution in [-0.2, 0) is 9.84 Å². The maximum absolute atomic E-state index is 11.7. The predicted molar refractivity (Wildman–Crippen MR) is 57.2 cm³/mol. The molecule has 0 saturated heterocycles. The number of phenolic OH excluding ortho intramolecular Hbond substituents is 1. The summed E-state index contributed by atoms with van der Waals surface area (Å²) in [5, 5.41) is 13.4. The first-order valence-electron chi connectivity index (χ1n) is 4.48. The third-order valence-electron chi connectivity index (χ3n) is 2.28. The van der Waals surface area contributed by atoms with Gasteiger partial charge < -0.3 is 10.4 Å². The van der Waals surface area contributed by atoms with E-state index < -0.39 is 9.84 Å². The lowest BCUT2D eigenvalue weighted by atomic mass is 10.1. The van der Waals surface area contributed by atoms with Gasteiger partial charge in [-0.1, -0.05) is 0 Å². The van der Waals surface area contributed by atoms with E-state index in [1.807, 2.05) is 0 Å². The van der Waals surface area contributed by atoms with Gasteiger partial charge in [0.25, 0.3) is 0 Å². The summed E-state index contributed by atoms with van der Waals surface area (Å²) in [6.45, 7) is 0.497. The highest BCUT2D eigenvalue weighted by Gasteiger charge is 2.26. The topological polar surface area (TPSA) is 66.4 Å². The highest BCUT2D eigenvalue weighted by molar-refractivity contribution is 7.95. The zero-order valence-corrected chi connectivity index (χ0v) is 9.00. The molecule has 0 spiro atoms. The molecule has 4 nitrogen and oxygen atoms in total. The van der Waals surface area contributed by atoms with Crippen molar-refractivity contribution >= 4 is 15.4 Å². The van der Waals surface area contributed by atoms with Crippen LogP contribution in [0.2, 0.25) is 0 Å². The molecule has 0 saturated carbocycles. The molecule has 0 amide bonds. The Bertz CT molecular complexity index is 532. The van der Waals surface area contributed by atoms with Gasteiger partial charge in [-0.2, -0.15) is 0 Å². The lowest BCUT2D eigenvalue weighted by Gasteiger charge is -2.03. The zero-order valence-electron chi connectivity index (χ0n) is 8.19. The van der Waals surface area contributed by atoms with Gasteiger partial charge in [-0.05, 0) is 36.4 Å². The fraction of sp³-hybridized carbons (Fsp3) is 0.200. The summed E-state index contributed by atoms with van der Waals surface area (Å²) in [5.41, 5.74) is 1.40. The molecule has 80 valence electrons. The van der Waals surface area contributed by atoms with E-state index in [0.717, 1.165) is 5.57 Å². The smallest absolute Gasteiger partial charge is 0.200 e. The van der Waals surface area contributed by atoms with Crippen molar-refractivity contribution < 1.29 is 13.5 Å². The molecule has 0 aromatic heterocycles. The van der Waals surface area contributed by atoms with E-state index in [1.165, 1.54) is 17.5 Å². The number of likely N-dealkylation sites (N-methyl/N-ethyl adjacent to an activating group) is 1. The van der Waals surface area contributed by atoms with Crippen LogP contribution in [0.25, 0.3) is 5.57 Å². The van der Waals surface area contributed by atoms with E-state index in [4.69, 9.17) is 0 Å². The third kappa shape index (κ3) is 1.64. The summed E-state index contributed by atoms with van der Waals surface area (Å²) in [5.74, 6) is -0.0311. The predicted octanol–water partition coefficient (Wildman–Crippen LogP) is 0.740. The molecule has 2 N–H and O–H groups in total. The van der Waals surface area contributed by atoms with Gasteiger partial charge in [0.2, 0.25) is 9.84 Å². The molecule has 2 rings (SSSR count). The maximum atomic E-state index is 11.7. The van der Waals surface area contributed by atoms with E-state index in [-0.39, 0.29) is 10.6 Å². The van der Waals surface area contributed by atoms with E-state index in [9.17, 15) is 13.5 Å². The number of hydrogen-bond acceptors (Lipinski definition) is 4. The second kappa shape index (κ2) is 3.36. The van der Waals surface area contributed by atoms with Gasteiger partial charge in [0, 0.05) is 12.0 Å². The van der Waals surface area contributed by atoms with Crippen LogP contribution in [0.4, 0.5) is 0 Å². The number of benzene rings is 1. The molecular weight excluding hydrogens is 214 g/mol. The Balaban J connectivity index is 2.62. The molecule has 15 heavy (non-hydrogen) atoms. The van der Waals surface area contributed by atoms with Gasteiger partial charge in [0.1, 0.15) is 5.75 Å². The second-order valence-corrected chi connectivity index (χ2v) is 5.16.